The van der Waals surface area contributed by atoms with E-state index in [1.165, 1.54) is 12.8 Å². The Kier molecular flexibility index (Phi) is 4.64. The number of ether oxygens (including phenoxy) is 1. The molecule has 0 atom stereocenters. The molecule has 1 heterocycles. The molecule has 0 N–H and O–H groups in total. The Hall–Kier alpha value is -0.580. The van der Waals surface area contributed by atoms with Crippen LogP contribution in [0, 0.1) is 5.92 Å². The normalized spacial score (nSPS) is 15.1. The van der Waals surface area contributed by atoms with Gasteiger partial charge in [-0.3, -0.25) is 0 Å². The van der Waals surface area contributed by atoms with Crippen LogP contribution < -0.4 is 0 Å². The van der Waals surface area contributed by atoms with Crippen molar-refractivity contribution in [1.29, 1.82) is 0 Å². The second kappa shape index (κ2) is 6.46. The average Bonchev–Trinajstić information content (AvgIpc) is 3.19. The SMILES string of the molecule is ClCCc1nc2cc(Br)ccc2n1CCOCC1CC1. The maximum Gasteiger partial charge on any atom is 0.111 e. The van der Waals surface area contributed by atoms with E-state index < -0.39 is 0 Å². The third kappa shape index (κ3) is 3.35. The molecule has 1 saturated carbocycles. The van der Waals surface area contributed by atoms with Gasteiger partial charge in [0.2, 0.25) is 0 Å². The van der Waals surface area contributed by atoms with Gasteiger partial charge >= 0.3 is 0 Å². The smallest absolute Gasteiger partial charge is 0.111 e. The van der Waals surface area contributed by atoms with Crippen molar-refractivity contribution in [1.82, 2.24) is 9.55 Å². The molecule has 1 aliphatic carbocycles. The minimum atomic E-state index is 0.591. The summed E-state index contributed by atoms with van der Waals surface area (Å²) in [6, 6.07) is 6.20. The van der Waals surface area contributed by atoms with Crippen LogP contribution in [0.5, 0.6) is 0 Å². The number of imidazole rings is 1. The summed E-state index contributed by atoms with van der Waals surface area (Å²) in [6.07, 6.45) is 3.45. The number of rotatable bonds is 7. The van der Waals surface area contributed by atoms with Crippen LogP contribution in [0.15, 0.2) is 22.7 Å². The number of halogens is 2. The molecular formula is C15H18BrClN2O. The highest BCUT2D eigenvalue weighted by molar-refractivity contribution is 9.10. The van der Waals surface area contributed by atoms with Gasteiger partial charge < -0.3 is 9.30 Å². The van der Waals surface area contributed by atoms with Gasteiger partial charge in [-0.25, -0.2) is 4.98 Å². The predicted molar refractivity (Wildman–Crippen MR) is 85.4 cm³/mol. The molecule has 1 aliphatic rings. The van der Waals surface area contributed by atoms with Gasteiger partial charge in [-0.05, 0) is 37.0 Å². The second-order valence-corrected chi connectivity index (χ2v) is 6.56. The summed E-state index contributed by atoms with van der Waals surface area (Å²) >= 11 is 9.38. The highest BCUT2D eigenvalue weighted by Crippen LogP contribution is 2.28. The van der Waals surface area contributed by atoms with Crippen LogP contribution in [0.4, 0.5) is 0 Å². The molecule has 3 rings (SSSR count). The second-order valence-electron chi connectivity index (χ2n) is 5.27. The summed E-state index contributed by atoms with van der Waals surface area (Å²) in [7, 11) is 0. The Morgan fingerprint density at radius 2 is 2.25 bits per heavy atom. The molecule has 0 radical (unpaired) electrons. The first-order valence-electron chi connectivity index (χ1n) is 7.06. The van der Waals surface area contributed by atoms with E-state index in [2.05, 4.69) is 43.7 Å². The average molecular weight is 358 g/mol. The first kappa shape index (κ1) is 14.4. The van der Waals surface area contributed by atoms with Crippen molar-refractivity contribution in [2.75, 3.05) is 19.1 Å². The fourth-order valence-electron chi connectivity index (χ4n) is 2.37. The summed E-state index contributed by atoms with van der Waals surface area (Å²) < 4.78 is 9.03. The molecule has 20 heavy (non-hydrogen) atoms. The zero-order valence-electron chi connectivity index (χ0n) is 11.3. The van der Waals surface area contributed by atoms with E-state index in [-0.39, 0.29) is 0 Å². The van der Waals surface area contributed by atoms with E-state index in [4.69, 9.17) is 16.3 Å². The Morgan fingerprint density at radius 1 is 1.40 bits per heavy atom. The standard InChI is InChI=1S/C15H18BrClN2O/c16-12-3-4-14-13(9-12)18-15(5-6-17)19(14)7-8-20-10-11-1-2-11/h3-4,9,11H,1-2,5-8,10H2. The Morgan fingerprint density at radius 3 is 3.00 bits per heavy atom. The predicted octanol–water partition coefficient (Wildman–Crippen LogP) is 4.01. The van der Waals surface area contributed by atoms with E-state index in [1.54, 1.807) is 0 Å². The Bertz CT molecular complexity index is 595. The van der Waals surface area contributed by atoms with Crippen molar-refractivity contribution in [3.63, 3.8) is 0 Å². The quantitative estimate of drug-likeness (QED) is 0.553. The number of aromatic nitrogens is 2. The van der Waals surface area contributed by atoms with Crippen molar-refractivity contribution < 1.29 is 4.74 Å². The zero-order valence-corrected chi connectivity index (χ0v) is 13.7. The molecule has 0 saturated heterocycles. The number of fused-ring (bicyclic) bond motifs is 1. The van der Waals surface area contributed by atoms with Gasteiger partial charge in [0.25, 0.3) is 0 Å². The molecule has 0 aliphatic heterocycles. The van der Waals surface area contributed by atoms with Gasteiger partial charge in [-0.2, -0.15) is 0 Å². The summed E-state index contributed by atoms with van der Waals surface area (Å²) in [5.74, 6) is 2.45. The lowest BCUT2D eigenvalue weighted by Crippen LogP contribution is -2.11. The van der Waals surface area contributed by atoms with Gasteiger partial charge in [0, 0.05) is 29.9 Å². The van der Waals surface area contributed by atoms with Gasteiger partial charge in [0.1, 0.15) is 5.82 Å². The molecule has 0 spiro atoms. The molecule has 0 bridgehead atoms. The number of hydrogen-bond acceptors (Lipinski definition) is 2. The topological polar surface area (TPSA) is 27.1 Å². The lowest BCUT2D eigenvalue weighted by atomic mass is 10.3. The van der Waals surface area contributed by atoms with E-state index in [1.807, 2.05) is 0 Å². The van der Waals surface area contributed by atoms with Crippen molar-refractivity contribution in [2.45, 2.75) is 25.8 Å². The molecule has 0 unspecified atom stereocenters. The van der Waals surface area contributed by atoms with Crippen LogP contribution in [-0.4, -0.2) is 28.6 Å². The largest absolute Gasteiger partial charge is 0.379 e. The fourth-order valence-corrected chi connectivity index (χ4v) is 2.89. The highest BCUT2D eigenvalue weighted by atomic mass is 79.9. The highest BCUT2D eigenvalue weighted by Gasteiger charge is 2.21. The third-order valence-electron chi connectivity index (χ3n) is 3.62. The van der Waals surface area contributed by atoms with Gasteiger partial charge in [-0.15, -0.1) is 11.6 Å². The monoisotopic (exact) mass is 356 g/mol. The molecule has 1 aromatic carbocycles. The molecule has 0 amide bonds. The maximum absolute atomic E-state index is 5.88. The van der Waals surface area contributed by atoms with Crippen LogP contribution in [0.2, 0.25) is 0 Å². The van der Waals surface area contributed by atoms with E-state index in [0.29, 0.717) is 5.88 Å². The fraction of sp³-hybridized carbons (Fsp3) is 0.533. The number of alkyl halides is 1. The van der Waals surface area contributed by atoms with Crippen LogP contribution in [-0.2, 0) is 17.7 Å². The molecule has 2 aromatic rings. The molecule has 108 valence electrons. The summed E-state index contributed by atoms with van der Waals surface area (Å²) in [5.41, 5.74) is 2.17. The number of nitrogens with zero attached hydrogens (tertiary/aromatic N) is 2. The van der Waals surface area contributed by atoms with Crippen LogP contribution in [0.25, 0.3) is 11.0 Å². The van der Waals surface area contributed by atoms with Crippen molar-refractivity contribution in [2.24, 2.45) is 5.92 Å². The molecule has 5 heteroatoms. The summed E-state index contributed by atoms with van der Waals surface area (Å²) in [4.78, 5) is 4.68. The molecular weight excluding hydrogens is 340 g/mol. The summed E-state index contributed by atoms with van der Waals surface area (Å²) in [6.45, 7) is 2.49. The molecule has 1 fully saturated rings. The Labute approximate surface area is 132 Å². The van der Waals surface area contributed by atoms with E-state index in [9.17, 15) is 0 Å². The van der Waals surface area contributed by atoms with Gasteiger partial charge in [-0.1, -0.05) is 15.9 Å². The number of aryl methyl sites for hydroxylation is 1. The van der Waals surface area contributed by atoms with Crippen molar-refractivity contribution in [3.05, 3.63) is 28.5 Å². The van der Waals surface area contributed by atoms with Gasteiger partial charge in [0.05, 0.1) is 17.6 Å². The van der Waals surface area contributed by atoms with E-state index >= 15 is 0 Å². The van der Waals surface area contributed by atoms with Gasteiger partial charge in [0.15, 0.2) is 0 Å². The number of benzene rings is 1. The van der Waals surface area contributed by atoms with Crippen LogP contribution in [0.3, 0.4) is 0 Å². The van der Waals surface area contributed by atoms with E-state index in [0.717, 1.165) is 53.4 Å². The van der Waals surface area contributed by atoms with Crippen molar-refractivity contribution in [3.8, 4) is 0 Å². The molecule has 3 nitrogen and oxygen atoms in total. The lowest BCUT2D eigenvalue weighted by molar-refractivity contribution is 0.117. The minimum Gasteiger partial charge on any atom is -0.379 e. The zero-order chi connectivity index (χ0) is 13.9. The minimum absolute atomic E-state index is 0.591. The number of hydrogen-bond donors (Lipinski definition) is 0. The third-order valence-corrected chi connectivity index (χ3v) is 4.30. The molecule has 1 aromatic heterocycles. The van der Waals surface area contributed by atoms with Crippen LogP contribution >= 0.6 is 27.5 Å². The Balaban J connectivity index is 1.76. The lowest BCUT2D eigenvalue weighted by Gasteiger charge is -2.09. The maximum atomic E-state index is 5.88. The van der Waals surface area contributed by atoms with Crippen LogP contribution in [0.1, 0.15) is 18.7 Å². The summed E-state index contributed by atoms with van der Waals surface area (Å²) in [5, 5.41) is 0. The first-order valence-corrected chi connectivity index (χ1v) is 8.39. The first-order chi connectivity index (χ1) is 9.78. The van der Waals surface area contributed by atoms with Crippen molar-refractivity contribution >= 4 is 38.6 Å².